The Bertz CT molecular complexity index is 3050. The molecule has 0 atom stereocenters. The van der Waals surface area contributed by atoms with Crippen LogP contribution in [-0.4, -0.2) is 19.5 Å². The number of furan rings is 1. The standard InChI is InChI=1S/C34H21NO.C16H13N3/c1-2-10-23-21-24(18-17-22(23)9-1)25-19-20-31(33-28-13-5-8-16-32(28)36-34(25)33)35-29-14-6-3-11-26(29)27-12-4-7-15-30(27)35;1-12-17-15(13-8-4-2-5-9-13)19-16(18-12)14-10-6-3-7-11-14/h1-21H;2-11H,1H3. The predicted octanol–water partition coefficient (Wildman–Crippen LogP) is 13.0. The smallest absolute Gasteiger partial charge is 0.163 e. The maximum atomic E-state index is 6.60. The van der Waals surface area contributed by atoms with E-state index in [0.29, 0.717) is 11.6 Å². The van der Waals surface area contributed by atoms with Gasteiger partial charge in [0.15, 0.2) is 11.6 Å². The van der Waals surface area contributed by atoms with E-state index in [2.05, 4.69) is 141 Å². The summed E-state index contributed by atoms with van der Waals surface area (Å²) in [5.41, 5.74) is 9.64. The molecule has 0 N–H and O–H groups in total. The molecule has 3 heterocycles. The van der Waals surface area contributed by atoms with E-state index in [9.17, 15) is 0 Å². The summed E-state index contributed by atoms with van der Waals surface area (Å²) < 4.78 is 8.99. The predicted molar refractivity (Wildman–Crippen MR) is 226 cm³/mol. The van der Waals surface area contributed by atoms with Crippen LogP contribution in [0, 0.1) is 6.92 Å². The number of nitrogens with zero attached hydrogens (tertiary/aromatic N) is 4. The van der Waals surface area contributed by atoms with E-state index in [1.54, 1.807) is 0 Å². The highest BCUT2D eigenvalue weighted by Gasteiger charge is 2.20. The van der Waals surface area contributed by atoms with Crippen molar-refractivity contribution >= 4 is 54.5 Å². The van der Waals surface area contributed by atoms with Gasteiger partial charge < -0.3 is 8.98 Å². The lowest BCUT2D eigenvalue weighted by molar-refractivity contribution is 0.670. The first-order chi connectivity index (χ1) is 27.2. The van der Waals surface area contributed by atoms with Crippen molar-refractivity contribution in [3.05, 3.63) is 194 Å². The Hall–Kier alpha value is -7.37. The van der Waals surface area contributed by atoms with Crippen LogP contribution in [0.15, 0.2) is 192 Å². The second kappa shape index (κ2) is 13.6. The van der Waals surface area contributed by atoms with E-state index < -0.39 is 0 Å². The molecule has 5 heteroatoms. The van der Waals surface area contributed by atoms with Crippen molar-refractivity contribution in [2.45, 2.75) is 6.92 Å². The Kier molecular flexibility index (Phi) is 7.96. The molecule has 0 aliphatic heterocycles. The average Bonchev–Trinajstić information content (AvgIpc) is 3.81. The third kappa shape index (κ3) is 5.79. The second-order valence-electron chi connectivity index (χ2n) is 13.6. The summed E-state index contributed by atoms with van der Waals surface area (Å²) in [6.07, 6.45) is 0. The van der Waals surface area contributed by atoms with E-state index in [4.69, 9.17) is 4.42 Å². The molecule has 0 unspecified atom stereocenters. The van der Waals surface area contributed by atoms with Crippen LogP contribution < -0.4 is 0 Å². The van der Waals surface area contributed by atoms with Gasteiger partial charge in [-0.1, -0.05) is 152 Å². The van der Waals surface area contributed by atoms with Crippen LogP contribution in [0.4, 0.5) is 0 Å². The Morgan fingerprint density at radius 3 is 1.64 bits per heavy atom. The Balaban J connectivity index is 0.000000166. The number of aryl methyl sites for hydroxylation is 1. The Morgan fingerprint density at radius 1 is 0.436 bits per heavy atom. The molecule has 0 aliphatic rings. The maximum absolute atomic E-state index is 6.60. The van der Waals surface area contributed by atoms with E-state index in [1.165, 1.54) is 32.6 Å². The van der Waals surface area contributed by atoms with Gasteiger partial charge >= 0.3 is 0 Å². The molecule has 3 aromatic heterocycles. The molecule has 0 bridgehead atoms. The van der Waals surface area contributed by atoms with Crippen molar-refractivity contribution in [3.8, 4) is 39.6 Å². The fourth-order valence-electron chi connectivity index (χ4n) is 7.68. The van der Waals surface area contributed by atoms with Crippen molar-refractivity contribution < 1.29 is 4.42 Å². The third-order valence-corrected chi connectivity index (χ3v) is 10.2. The largest absolute Gasteiger partial charge is 0.455 e. The van der Waals surface area contributed by atoms with Crippen LogP contribution in [0.25, 0.3) is 94.1 Å². The zero-order valence-electron chi connectivity index (χ0n) is 30.1. The average molecular weight is 707 g/mol. The molecule has 0 saturated heterocycles. The fourth-order valence-corrected chi connectivity index (χ4v) is 7.68. The molecule has 0 amide bonds. The van der Waals surface area contributed by atoms with Gasteiger partial charge in [0, 0.05) is 32.8 Å². The number of aromatic nitrogens is 4. The van der Waals surface area contributed by atoms with Crippen molar-refractivity contribution in [1.82, 2.24) is 19.5 Å². The van der Waals surface area contributed by atoms with Crippen molar-refractivity contribution in [2.75, 3.05) is 0 Å². The van der Waals surface area contributed by atoms with E-state index in [1.807, 2.05) is 73.7 Å². The van der Waals surface area contributed by atoms with E-state index >= 15 is 0 Å². The van der Waals surface area contributed by atoms with Crippen LogP contribution in [0.3, 0.4) is 0 Å². The van der Waals surface area contributed by atoms with Crippen LogP contribution >= 0.6 is 0 Å². The van der Waals surface area contributed by atoms with E-state index in [-0.39, 0.29) is 0 Å². The molecule has 260 valence electrons. The van der Waals surface area contributed by atoms with Crippen molar-refractivity contribution in [1.29, 1.82) is 0 Å². The number of hydrogen-bond donors (Lipinski definition) is 0. The molecule has 5 nitrogen and oxygen atoms in total. The number of rotatable bonds is 4. The summed E-state index contributed by atoms with van der Waals surface area (Å²) in [5, 5.41) is 7.25. The molecule has 0 radical (unpaired) electrons. The third-order valence-electron chi connectivity index (χ3n) is 10.2. The molecule has 0 spiro atoms. The highest BCUT2D eigenvalue weighted by molar-refractivity contribution is 6.17. The lowest BCUT2D eigenvalue weighted by Gasteiger charge is -2.12. The first-order valence-electron chi connectivity index (χ1n) is 18.5. The van der Waals surface area contributed by atoms with Crippen LogP contribution in [-0.2, 0) is 0 Å². The molecule has 0 aliphatic carbocycles. The van der Waals surface area contributed by atoms with Gasteiger partial charge in [0.05, 0.1) is 22.1 Å². The molecule has 11 aromatic rings. The van der Waals surface area contributed by atoms with Gasteiger partial charge in [-0.2, -0.15) is 0 Å². The highest BCUT2D eigenvalue weighted by Crippen LogP contribution is 2.42. The fraction of sp³-hybridized carbons (Fsp3) is 0.0200. The number of hydrogen-bond acceptors (Lipinski definition) is 4. The molecular weight excluding hydrogens is 673 g/mol. The van der Waals surface area contributed by atoms with E-state index in [0.717, 1.165) is 55.7 Å². The lowest BCUT2D eigenvalue weighted by Crippen LogP contribution is -1.99. The summed E-state index contributed by atoms with van der Waals surface area (Å²) in [7, 11) is 0. The minimum atomic E-state index is 0.715. The first kappa shape index (κ1) is 32.3. The van der Waals surface area contributed by atoms with Gasteiger partial charge in [-0.05, 0) is 59.7 Å². The summed E-state index contributed by atoms with van der Waals surface area (Å²) in [5.74, 6) is 2.16. The summed E-state index contributed by atoms with van der Waals surface area (Å²) >= 11 is 0. The number of para-hydroxylation sites is 3. The SMILES string of the molecule is Cc1nc(-c2ccccc2)nc(-c2ccccc2)n1.c1ccc2cc(-c3ccc(-n4c5ccccc5c5ccccc54)c4c3oc3ccccc34)ccc2c1. The minimum Gasteiger partial charge on any atom is -0.455 e. The number of benzene rings is 8. The van der Waals surface area contributed by atoms with Gasteiger partial charge in [-0.15, -0.1) is 0 Å². The minimum absolute atomic E-state index is 0.715. The second-order valence-corrected chi connectivity index (χ2v) is 13.6. The Labute approximate surface area is 317 Å². The van der Waals surface area contributed by atoms with Gasteiger partial charge in [0.1, 0.15) is 17.0 Å². The van der Waals surface area contributed by atoms with Gasteiger partial charge in [0.25, 0.3) is 0 Å². The van der Waals surface area contributed by atoms with Crippen LogP contribution in [0.5, 0.6) is 0 Å². The summed E-state index contributed by atoms with van der Waals surface area (Å²) in [6, 6.07) is 65.2. The topological polar surface area (TPSA) is 56.7 Å². The molecule has 55 heavy (non-hydrogen) atoms. The molecular formula is C50H34N4O. The van der Waals surface area contributed by atoms with Gasteiger partial charge in [-0.3, -0.25) is 0 Å². The molecule has 0 fully saturated rings. The van der Waals surface area contributed by atoms with Crippen molar-refractivity contribution in [3.63, 3.8) is 0 Å². The summed E-state index contributed by atoms with van der Waals surface area (Å²) in [4.78, 5) is 13.4. The Morgan fingerprint density at radius 2 is 0.982 bits per heavy atom. The quantitative estimate of drug-likeness (QED) is 0.183. The monoisotopic (exact) mass is 706 g/mol. The lowest BCUT2D eigenvalue weighted by atomic mass is 9.98. The highest BCUT2D eigenvalue weighted by atomic mass is 16.3. The zero-order valence-corrected chi connectivity index (χ0v) is 30.1. The van der Waals surface area contributed by atoms with Gasteiger partial charge in [-0.25, -0.2) is 15.0 Å². The van der Waals surface area contributed by atoms with Gasteiger partial charge in [0.2, 0.25) is 0 Å². The first-order valence-corrected chi connectivity index (χ1v) is 18.5. The summed E-state index contributed by atoms with van der Waals surface area (Å²) in [6.45, 7) is 1.89. The number of fused-ring (bicyclic) bond motifs is 7. The normalized spacial score (nSPS) is 11.4. The molecule has 0 saturated carbocycles. The molecule has 11 rings (SSSR count). The van der Waals surface area contributed by atoms with Crippen LogP contribution in [0.2, 0.25) is 0 Å². The zero-order chi connectivity index (χ0) is 36.7. The van der Waals surface area contributed by atoms with Crippen molar-refractivity contribution in [2.24, 2.45) is 0 Å². The molecule has 8 aromatic carbocycles. The maximum Gasteiger partial charge on any atom is 0.163 e. The van der Waals surface area contributed by atoms with Crippen LogP contribution in [0.1, 0.15) is 5.82 Å².